The van der Waals surface area contributed by atoms with Gasteiger partial charge in [0.05, 0.1) is 7.11 Å². The Bertz CT molecular complexity index is 352. The number of nitrogens with one attached hydrogen (secondary N) is 2. The Balaban J connectivity index is 1.74. The molecule has 0 saturated heterocycles. The highest BCUT2D eigenvalue weighted by atomic mass is 32.2. The smallest absolute Gasteiger partial charge is 0.322 e. The molecule has 2 N–H and O–H groups in total. The van der Waals surface area contributed by atoms with E-state index in [-0.39, 0.29) is 12.0 Å². The molecule has 1 aromatic rings. The lowest BCUT2D eigenvalue weighted by atomic mass is 10.2. The highest BCUT2D eigenvalue weighted by Crippen LogP contribution is 2.21. The first-order chi connectivity index (χ1) is 8.29. The summed E-state index contributed by atoms with van der Waals surface area (Å²) < 4.78 is 4.79. The van der Waals surface area contributed by atoms with Crippen molar-refractivity contribution >= 4 is 17.7 Å². The lowest BCUT2D eigenvalue weighted by Gasteiger charge is -2.15. The number of ether oxygens (including phenoxy) is 1. The Morgan fingerprint density at radius 3 is 3.18 bits per heavy atom. The number of esters is 1. The van der Waals surface area contributed by atoms with Crippen LogP contribution in [0.1, 0.15) is 19.3 Å². The van der Waals surface area contributed by atoms with Crippen molar-refractivity contribution in [3.63, 3.8) is 0 Å². The van der Waals surface area contributed by atoms with Crippen molar-refractivity contribution in [2.45, 2.75) is 36.5 Å². The molecule has 6 heteroatoms. The quantitative estimate of drug-likeness (QED) is 0.566. The summed E-state index contributed by atoms with van der Waals surface area (Å²) in [5.41, 5.74) is 0. The Morgan fingerprint density at radius 2 is 2.59 bits per heavy atom. The van der Waals surface area contributed by atoms with Crippen molar-refractivity contribution in [1.82, 2.24) is 15.3 Å². The number of thioether (sulfide) groups is 1. The fraction of sp³-hybridized carbons (Fsp3) is 0.636. The van der Waals surface area contributed by atoms with E-state index in [1.807, 2.05) is 0 Å². The monoisotopic (exact) mass is 255 g/mol. The van der Waals surface area contributed by atoms with Crippen molar-refractivity contribution in [3.05, 3.63) is 12.4 Å². The number of H-pyrrole nitrogens is 1. The van der Waals surface area contributed by atoms with Crippen LogP contribution < -0.4 is 5.32 Å². The summed E-state index contributed by atoms with van der Waals surface area (Å²) in [5.74, 6) is 0.671. The van der Waals surface area contributed by atoms with Crippen LogP contribution in [0.15, 0.2) is 17.6 Å². The molecule has 1 unspecified atom stereocenters. The summed E-state index contributed by atoms with van der Waals surface area (Å²) in [4.78, 5) is 18.7. The minimum atomic E-state index is -0.185. The van der Waals surface area contributed by atoms with Gasteiger partial charge in [0.15, 0.2) is 5.16 Å². The topological polar surface area (TPSA) is 67.0 Å². The molecule has 1 fully saturated rings. The number of hydrogen-bond donors (Lipinski definition) is 2. The van der Waals surface area contributed by atoms with E-state index < -0.39 is 0 Å². The molecule has 0 amide bonds. The molecule has 1 atom stereocenters. The average Bonchev–Trinajstić information content (AvgIpc) is 3.01. The minimum absolute atomic E-state index is 0.169. The first-order valence-corrected chi connectivity index (χ1v) is 6.74. The van der Waals surface area contributed by atoms with Gasteiger partial charge in [-0.2, -0.15) is 0 Å². The molecule has 5 nitrogen and oxygen atoms in total. The lowest BCUT2D eigenvalue weighted by Crippen LogP contribution is -2.39. The number of carbonyl (C=O) groups excluding carboxylic acids is 1. The maximum absolute atomic E-state index is 11.6. The number of carbonyl (C=O) groups is 1. The summed E-state index contributed by atoms with van der Waals surface area (Å²) in [5, 5.41) is 4.19. The molecule has 0 radical (unpaired) electrons. The molecule has 1 aliphatic rings. The third-order valence-corrected chi connectivity index (χ3v) is 3.55. The fourth-order valence-electron chi connectivity index (χ4n) is 1.55. The van der Waals surface area contributed by atoms with Gasteiger partial charge in [-0.15, -0.1) is 0 Å². The van der Waals surface area contributed by atoms with Gasteiger partial charge in [0.1, 0.15) is 6.04 Å². The van der Waals surface area contributed by atoms with Gasteiger partial charge in [-0.05, 0) is 19.3 Å². The SMILES string of the molecule is COC(=O)C(CCSc1ncc[nH]1)NC1CC1. The number of methoxy groups -OCH3 is 1. The molecule has 1 aromatic heterocycles. The van der Waals surface area contributed by atoms with E-state index >= 15 is 0 Å². The number of imidazole rings is 1. The van der Waals surface area contributed by atoms with Gasteiger partial charge in [-0.25, -0.2) is 4.98 Å². The second-order valence-corrected chi connectivity index (χ2v) is 5.13. The van der Waals surface area contributed by atoms with Crippen molar-refractivity contribution in [1.29, 1.82) is 0 Å². The first-order valence-electron chi connectivity index (χ1n) is 5.75. The zero-order valence-electron chi connectivity index (χ0n) is 9.81. The van der Waals surface area contributed by atoms with Gasteiger partial charge >= 0.3 is 5.97 Å². The van der Waals surface area contributed by atoms with Crippen molar-refractivity contribution in [2.75, 3.05) is 12.9 Å². The van der Waals surface area contributed by atoms with E-state index in [4.69, 9.17) is 4.74 Å². The Morgan fingerprint density at radius 1 is 1.76 bits per heavy atom. The highest BCUT2D eigenvalue weighted by Gasteiger charge is 2.28. The number of rotatable bonds is 7. The molecule has 0 bridgehead atoms. The average molecular weight is 255 g/mol. The number of nitrogens with zero attached hydrogens (tertiary/aromatic N) is 1. The number of aromatic nitrogens is 2. The van der Waals surface area contributed by atoms with Gasteiger partial charge in [0, 0.05) is 24.2 Å². The highest BCUT2D eigenvalue weighted by molar-refractivity contribution is 7.99. The Labute approximate surface area is 105 Å². The van der Waals surface area contributed by atoms with Crippen LogP contribution >= 0.6 is 11.8 Å². The Hall–Kier alpha value is -1.01. The standard InChI is InChI=1S/C11H17N3O2S/c1-16-10(15)9(14-8-2-3-8)4-7-17-11-12-5-6-13-11/h5-6,8-9,14H,2-4,7H2,1H3,(H,12,13). The van der Waals surface area contributed by atoms with Crippen LogP contribution in [0.2, 0.25) is 0 Å². The predicted octanol–water partition coefficient (Wildman–Crippen LogP) is 1.19. The first kappa shape index (κ1) is 12.4. The molecule has 17 heavy (non-hydrogen) atoms. The van der Waals surface area contributed by atoms with Crippen molar-refractivity contribution < 1.29 is 9.53 Å². The maximum atomic E-state index is 11.6. The molecule has 1 heterocycles. The second kappa shape index (κ2) is 6.07. The molecule has 0 aromatic carbocycles. The van der Waals surface area contributed by atoms with Crippen LogP contribution in [-0.2, 0) is 9.53 Å². The van der Waals surface area contributed by atoms with Crippen LogP contribution in [0.5, 0.6) is 0 Å². The van der Waals surface area contributed by atoms with Gasteiger partial charge < -0.3 is 15.0 Å². The fourth-order valence-corrected chi connectivity index (χ4v) is 2.38. The number of aromatic amines is 1. The van der Waals surface area contributed by atoms with Crippen LogP contribution in [0, 0.1) is 0 Å². The van der Waals surface area contributed by atoms with Gasteiger partial charge in [-0.1, -0.05) is 11.8 Å². The summed E-state index contributed by atoms with van der Waals surface area (Å²) in [6, 6.07) is 0.322. The summed E-state index contributed by atoms with van der Waals surface area (Å²) in [6.07, 6.45) is 6.61. The number of hydrogen-bond acceptors (Lipinski definition) is 5. The van der Waals surface area contributed by atoms with Crippen LogP contribution in [-0.4, -0.2) is 40.9 Å². The van der Waals surface area contributed by atoms with Gasteiger partial charge in [0.25, 0.3) is 0 Å². The van der Waals surface area contributed by atoms with Crippen molar-refractivity contribution in [2.24, 2.45) is 0 Å². The van der Waals surface area contributed by atoms with Gasteiger partial charge in [0.2, 0.25) is 0 Å². The normalized spacial score (nSPS) is 16.8. The van der Waals surface area contributed by atoms with E-state index in [0.717, 1.165) is 17.3 Å². The molecule has 1 aliphatic carbocycles. The largest absolute Gasteiger partial charge is 0.468 e. The lowest BCUT2D eigenvalue weighted by molar-refractivity contribution is -0.143. The molecule has 1 saturated carbocycles. The van der Waals surface area contributed by atoms with Crippen molar-refractivity contribution in [3.8, 4) is 0 Å². The van der Waals surface area contributed by atoms with Crippen LogP contribution in [0.3, 0.4) is 0 Å². The predicted molar refractivity (Wildman–Crippen MR) is 65.9 cm³/mol. The third kappa shape index (κ3) is 4.05. The molecule has 0 aliphatic heterocycles. The summed E-state index contributed by atoms with van der Waals surface area (Å²) >= 11 is 1.62. The molecular formula is C11H17N3O2S. The maximum Gasteiger partial charge on any atom is 0.322 e. The zero-order chi connectivity index (χ0) is 12.1. The van der Waals surface area contributed by atoms with E-state index in [9.17, 15) is 4.79 Å². The molecule has 0 spiro atoms. The molecule has 2 rings (SSSR count). The second-order valence-electron chi connectivity index (χ2n) is 4.05. The van der Waals surface area contributed by atoms with Crippen LogP contribution in [0.25, 0.3) is 0 Å². The summed E-state index contributed by atoms with van der Waals surface area (Å²) in [7, 11) is 1.43. The van der Waals surface area contributed by atoms with Gasteiger partial charge in [-0.3, -0.25) is 4.79 Å². The van der Waals surface area contributed by atoms with E-state index in [0.29, 0.717) is 6.04 Å². The van der Waals surface area contributed by atoms with Crippen LogP contribution in [0.4, 0.5) is 0 Å². The third-order valence-electron chi connectivity index (χ3n) is 2.62. The molecule has 94 valence electrons. The Kier molecular flexibility index (Phi) is 4.44. The zero-order valence-corrected chi connectivity index (χ0v) is 10.6. The minimum Gasteiger partial charge on any atom is -0.468 e. The summed E-state index contributed by atoms with van der Waals surface area (Å²) in [6.45, 7) is 0. The molecular weight excluding hydrogens is 238 g/mol. The van der Waals surface area contributed by atoms with E-state index in [2.05, 4.69) is 15.3 Å². The van der Waals surface area contributed by atoms with E-state index in [1.54, 1.807) is 24.2 Å². The van der Waals surface area contributed by atoms with E-state index in [1.165, 1.54) is 20.0 Å².